The molecule has 0 aliphatic carbocycles. The van der Waals surface area contributed by atoms with E-state index in [1.165, 1.54) is 0 Å². The number of carboxylic acid groups (broad SMARTS) is 1. The lowest BCUT2D eigenvalue weighted by Gasteiger charge is -2.23. The van der Waals surface area contributed by atoms with Crippen molar-refractivity contribution in [2.45, 2.75) is 5.92 Å². The van der Waals surface area contributed by atoms with E-state index in [2.05, 4.69) is 15.9 Å². The minimum atomic E-state index is -1.19. The van der Waals surface area contributed by atoms with Crippen LogP contribution in [0.3, 0.4) is 0 Å². The van der Waals surface area contributed by atoms with E-state index in [-0.39, 0.29) is 22.3 Å². The Balaban J connectivity index is 2.57. The maximum absolute atomic E-state index is 14.0. The van der Waals surface area contributed by atoms with E-state index >= 15 is 0 Å². The van der Waals surface area contributed by atoms with Crippen molar-refractivity contribution in [2.24, 2.45) is 5.73 Å². The van der Waals surface area contributed by atoms with Crippen LogP contribution in [0, 0.1) is 5.82 Å². The van der Waals surface area contributed by atoms with Gasteiger partial charge in [-0.15, -0.1) is 0 Å². The average molecular weight is 320 g/mol. The van der Waals surface area contributed by atoms with Crippen molar-refractivity contribution in [1.29, 1.82) is 0 Å². The van der Waals surface area contributed by atoms with Gasteiger partial charge in [-0.3, -0.25) is 4.79 Å². The lowest BCUT2D eigenvalue weighted by molar-refractivity contribution is -0.138. The second-order valence-electron chi connectivity index (χ2n) is 3.74. The molecule has 0 fully saturated rings. The van der Waals surface area contributed by atoms with Crippen LogP contribution in [0.5, 0.6) is 11.5 Å². The van der Waals surface area contributed by atoms with Crippen molar-refractivity contribution in [3.63, 3.8) is 0 Å². The van der Waals surface area contributed by atoms with Crippen LogP contribution in [0.4, 0.5) is 4.39 Å². The quantitative estimate of drug-likeness (QED) is 0.882. The fraction of sp³-hybridized carbons (Fsp3) is 0.364. The topological polar surface area (TPSA) is 81.8 Å². The number of hydrogen-bond donors (Lipinski definition) is 2. The minimum Gasteiger partial charge on any atom is -0.486 e. The molecule has 3 N–H and O–H groups in total. The number of halogens is 2. The molecule has 0 saturated carbocycles. The number of rotatable bonds is 3. The second kappa shape index (κ2) is 5.11. The van der Waals surface area contributed by atoms with E-state index in [4.69, 9.17) is 20.3 Å². The molecule has 18 heavy (non-hydrogen) atoms. The zero-order valence-corrected chi connectivity index (χ0v) is 10.9. The third-order valence-corrected chi connectivity index (χ3v) is 3.43. The molecule has 5 nitrogen and oxygen atoms in total. The smallest absolute Gasteiger partial charge is 0.312 e. The second-order valence-corrected chi connectivity index (χ2v) is 4.53. The highest BCUT2D eigenvalue weighted by molar-refractivity contribution is 9.10. The SMILES string of the molecule is NCC(C(=O)O)c1c(F)cc2c(c1Br)OCCO2. The molecule has 1 aliphatic heterocycles. The Morgan fingerprint density at radius 1 is 1.56 bits per heavy atom. The molecule has 7 heteroatoms. The summed E-state index contributed by atoms with van der Waals surface area (Å²) in [4.78, 5) is 11.1. The van der Waals surface area contributed by atoms with Crippen LogP contribution in [0.2, 0.25) is 0 Å². The van der Waals surface area contributed by atoms with E-state index in [1.807, 2.05) is 0 Å². The third kappa shape index (κ3) is 2.15. The molecule has 0 saturated heterocycles. The standard InChI is InChI=1S/C11H11BrFNO4/c12-9-8(5(4-14)11(15)16)6(13)3-7-10(9)18-2-1-17-7/h3,5H,1-2,4,14H2,(H,15,16). The first-order chi connectivity index (χ1) is 8.56. The summed E-state index contributed by atoms with van der Waals surface area (Å²) in [6, 6.07) is 1.13. The van der Waals surface area contributed by atoms with Gasteiger partial charge in [0.15, 0.2) is 11.5 Å². The zero-order valence-electron chi connectivity index (χ0n) is 9.28. The van der Waals surface area contributed by atoms with Gasteiger partial charge >= 0.3 is 5.97 Å². The number of nitrogens with two attached hydrogens (primary N) is 1. The molecule has 0 spiro atoms. The van der Waals surface area contributed by atoms with Crippen molar-refractivity contribution < 1.29 is 23.8 Å². The van der Waals surface area contributed by atoms with Crippen molar-refractivity contribution in [3.8, 4) is 11.5 Å². The van der Waals surface area contributed by atoms with Gasteiger partial charge in [-0.2, -0.15) is 0 Å². The zero-order chi connectivity index (χ0) is 13.3. The highest BCUT2D eigenvalue weighted by atomic mass is 79.9. The molecule has 0 bridgehead atoms. The summed E-state index contributed by atoms with van der Waals surface area (Å²) < 4.78 is 24.8. The molecule has 1 aliphatic rings. The van der Waals surface area contributed by atoms with Gasteiger partial charge in [0, 0.05) is 18.2 Å². The molecule has 0 aromatic heterocycles. The first-order valence-electron chi connectivity index (χ1n) is 5.26. The molecule has 1 unspecified atom stereocenters. The fourth-order valence-electron chi connectivity index (χ4n) is 1.79. The van der Waals surface area contributed by atoms with E-state index in [0.29, 0.717) is 19.0 Å². The highest BCUT2D eigenvalue weighted by Gasteiger charge is 2.29. The van der Waals surface area contributed by atoms with Crippen LogP contribution < -0.4 is 15.2 Å². The summed E-state index contributed by atoms with van der Waals surface area (Å²) >= 11 is 3.16. The van der Waals surface area contributed by atoms with Gasteiger partial charge in [-0.25, -0.2) is 4.39 Å². The Bertz CT molecular complexity index is 494. The summed E-state index contributed by atoms with van der Waals surface area (Å²) in [7, 11) is 0. The first kappa shape index (κ1) is 13.1. The molecule has 1 heterocycles. The summed E-state index contributed by atoms with van der Waals surface area (Å²) in [6.45, 7) is 0.457. The molecule has 1 aromatic rings. The van der Waals surface area contributed by atoms with Crippen LogP contribution in [0.1, 0.15) is 11.5 Å². The monoisotopic (exact) mass is 319 g/mol. The number of carbonyl (C=O) groups is 1. The van der Waals surface area contributed by atoms with Crippen LogP contribution in [0.25, 0.3) is 0 Å². The number of carboxylic acids is 1. The molecule has 0 amide bonds. The van der Waals surface area contributed by atoms with Gasteiger partial charge in [0.1, 0.15) is 19.0 Å². The van der Waals surface area contributed by atoms with Crippen LogP contribution in [-0.2, 0) is 4.79 Å². The molecular formula is C11H11BrFNO4. The minimum absolute atomic E-state index is 0.0192. The lowest BCUT2D eigenvalue weighted by atomic mass is 9.98. The number of ether oxygens (including phenoxy) is 2. The van der Waals surface area contributed by atoms with E-state index < -0.39 is 17.7 Å². The van der Waals surface area contributed by atoms with Crippen molar-refractivity contribution in [2.75, 3.05) is 19.8 Å². The predicted molar refractivity (Wildman–Crippen MR) is 64.5 cm³/mol. The maximum Gasteiger partial charge on any atom is 0.312 e. The molecule has 0 radical (unpaired) electrons. The van der Waals surface area contributed by atoms with E-state index in [1.54, 1.807) is 0 Å². The van der Waals surface area contributed by atoms with Crippen LogP contribution >= 0.6 is 15.9 Å². The van der Waals surface area contributed by atoms with Crippen molar-refractivity contribution >= 4 is 21.9 Å². The molecular weight excluding hydrogens is 309 g/mol. The molecule has 98 valence electrons. The fourth-order valence-corrected chi connectivity index (χ4v) is 2.57. The van der Waals surface area contributed by atoms with Crippen molar-refractivity contribution in [1.82, 2.24) is 0 Å². The van der Waals surface area contributed by atoms with Gasteiger partial charge in [-0.05, 0) is 15.9 Å². The Hall–Kier alpha value is -1.34. The molecule has 1 aromatic carbocycles. The number of aliphatic carboxylic acids is 1. The summed E-state index contributed by atoms with van der Waals surface area (Å²) in [5, 5.41) is 9.04. The summed E-state index contributed by atoms with van der Waals surface area (Å²) in [6.07, 6.45) is 0. The van der Waals surface area contributed by atoms with Crippen LogP contribution in [-0.4, -0.2) is 30.8 Å². The molecule has 2 rings (SSSR count). The third-order valence-electron chi connectivity index (χ3n) is 2.64. The van der Waals surface area contributed by atoms with Gasteiger partial charge < -0.3 is 20.3 Å². The average Bonchev–Trinajstić information content (AvgIpc) is 2.34. The Labute approximate surface area is 111 Å². The molecule has 1 atom stereocenters. The van der Waals surface area contributed by atoms with Gasteiger partial charge in [0.05, 0.1) is 10.4 Å². The van der Waals surface area contributed by atoms with E-state index in [9.17, 15) is 9.18 Å². The van der Waals surface area contributed by atoms with Gasteiger partial charge in [0.25, 0.3) is 0 Å². The summed E-state index contributed by atoms with van der Waals surface area (Å²) in [5.74, 6) is -2.42. The Morgan fingerprint density at radius 3 is 2.83 bits per heavy atom. The number of hydrogen-bond acceptors (Lipinski definition) is 4. The van der Waals surface area contributed by atoms with Gasteiger partial charge in [-0.1, -0.05) is 0 Å². The number of benzene rings is 1. The number of fused-ring (bicyclic) bond motifs is 1. The Kier molecular flexibility index (Phi) is 3.72. The normalized spacial score (nSPS) is 15.3. The van der Waals surface area contributed by atoms with Crippen molar-refractivity contribution in [3.05, 3.63) is 21.9 Å². The Morgan fingerprint density at radius 2 is 2.22 bits per heavy atom. The first-order valence-corrected chi connectivity index (χ1v) is 6.06. The maximum atomic E-state index is 14.0. The van der Waals surface area contributed by atoms with Gasteiger partial charge in [0.2, 0.25) is 0 Å². The highest BCUT2D eigenvalue weighted by Crippen LogP contribution is 2.43. The summed E-state index contributed by atoms with van der Waals surface area (Å²) in [5.41, 5.74) is 5.36. The van der Waals surface area contributed by atoms with Crippen LogP contribution in [0.15, 0.2) is 10.5 Å². The predicted octanol–water partition coefficient (Wildman–Crippen LogP) is 1.49. The van der Waals surface area contributed by atoms with E-state index in [0.717, 1.165) is 6.07 Å². The lowest BCUT2D eigenvalue weighted by Crippen LogP contribution is -2.24. The largest absolute Gasteiger partial charge is 0.486 e.